The number of carbonyl (C=O) groups excluding carboxylic acids is 1. The van der Waals surface area contributed by atoms with E-state index in [1.807, 2.05) is 0 Å². The van der Waals surface area contributed by atoms with Crippen molar-refractivity contribution in [1.29, 1.82) is 0 Å². The van der Waals surface area contributed by atoms with E-state index < -0.39 is 5.91 Å². The Morgan fingerprint density at radius 2 is 1.74 bits per heavy atom. The van der Waals surface area contributed by atoms with E-state index >= 15 is 0 Å². The Balaban J connectivity index is 1.48. The Bertz CT molecular complexity index is 1300. The van der Waals surface area contributed by atoms with Crippen LogP contribution in [0.4, 0.5) is 21.6 Å². The molecular weight excluding hydrogens is 455 g/mol. The number of hydrogen-bond acceptors (Lipinski definition) is 8. The molecule has 0 aliphatic rings. The molecule has 2 heterocycles. The summed E-state index contributed by atoms with van der Waals surface area (Å²) in [6.07, 6.45) is 3.11. The number of amides is 1. The molecule has 0 aliphatic heterocycles. The molecule has 0 atom stereocenters. The smallest absolute Gasteiger partial charge is 0.277 e. The molecule has 10 nitrogen and oxygen atoms in total. The van der Waals surface area contributed by atoms with Crippen LogP contribution in [-0.2, 0) is 6.54 Å². The molecule has 1 amide bonds. The first-order valence-corrected chi connectivity index (χ1v) is 10.5. The molecule has 2 N–H and O–H groups in total. The first-order chi connectivity index (χ1) is 17.0. The standard InChI is InChI=1S/C24H23FN6O4/c1-33-20-11-15(12-21(34-2)22(20)35-3)13-31-14-19(29-30-31)24(32)28-18-5-4-10-26-23(18)27-17-8-6-16(25)7-9-17/h4-12,14H,13H2,1-3H3,(H,26,27)(H,28,32). The van der Waals surface area contributed by atoms with Crippen molar-refractivity contribution in [3.63, 3.8) is 0 Å². The fourth-order valence-corrected chi connectivity index (χ4v) is 3.36. The number of carbonyl (C=O) groups is 1. The van der Waals surface area contributed by atoms with Crippen LogP contribution in [0, 0.1) is 5.82 Å². The summed E-state index contributed by atoms with van der Waals surface area (Å²) in [7, 11) is 4.61. The van der Waals surface area contributed by atoms with Crippen LogP contribution in [0.25, 0.3) is 0 Å². The van der Waals surface area contributed by atoms with E-state index in [0.717, 1.165) is 5.56 Å². The number of aromatic nitrogens is 4. The highest BCUT2D eigenvalue weighted by molar-refractivity contribution is 6.04. The number of benzene rings is 2. The molecule has 11 heteroatoms. The molecule has 0 saturated carbocycles. The molecule has 0 fully saturated rings. The summed E-state index contributed by atoms with van der Waals surface area (Å²) in [5.41, 5.74) is 1.99. The van der Waals surface area contributed by atoms with Crippen LogP contribution in [-0.4, -0.2) is 47.2 Å². The maximum atomic E-state index is 13.2. The van der Waals surface area contributed by atoms with Crippen LogP contribution in [0.1, 0.15) is 16.1 Å². The molecule has 0 bridgehead atoms. The van der Waals surface area contributed by atoms with Gasteiger partial charge in [0, 0.05) is 11.9 Å². The molecule has 35 heavy (non-hydrogen) atoms. The molecule has 0 spiro atoms. The third-order valence-electron chi connectivity index (χ3n) is 5.00. The van der Waals surface area contributed by atoms with Crippen molar-refractivity contribution in [2.24, 2.45) is 0 Å². The molecular formula is C24H23FN6O4. The predicted molar refractivity (Wildman–Crippen MR) is 127 cm³/mol. The van der Waals surface area contributed by atoms with Crippen molar-refractivity contribution in [3.8, 4) is 17.2 Å². The average molecular weight is 478 g/mol. The molecule has 0 saturated heterocycles. The minimum Gasteiger partial charge on any atom is -0.493 e. The summed E-state index contributed by atoms with van der Waals surface area (Å²) in [4.78, 5) is 17.1. The molecule has 2 aromatic heterocycles. The van der Waals surface area contributed by atoms with E-state index in [-0.39, 0.29) is 11.5 Å². The largest absolute Gasteiger partial charge is 0.493 e. The summed E-state index contributed by atoms with van der Waals surface area (Å²) in [6, 6.07) is 12.8. The zero-order valence-electron chi connectivity index (χ0n) is 19.3. The molecule has 4 rings (SSSR count). The maximum absolute atomic E-state index is 13.2. The van der Waals surface area contributed by atoms with Gasteiger partial charge in [0.25, 0.3) is 5.91 Å². The first-order valence-electron chi connectivity index (χ1n) is 10.5. The van der Waals surface area contributed by atoms with Crippen LogP contribution in [0.3, 0.4) is 0 Å². The van der Waals surface area contributed by atoms with Gasteiger partial charge < -0.3 is 24.8 Å². The van der Waals surface area contributed by atoms with Gasteiger partial charge in [-0.05, 0) is 54.1 Å². The Morgan fingerprint density at radius 3 is 2.40 bits per heavy atom. The normalized spacial score (nSPS) is 10.5. The van der Waals surface area contributed by atoms with Gasteiger partial charge in [-0.25, -0.2) is 14.1 Å². The highest BCUT2D eigenvalue weighted by atomic mass is 19.1. The van der Waals surface area contributed by atoms with Crippen molar-refractivity contribution in [2.75, 3.05) is 32.0 Å². The lowest BCUT2D eigenvalue weighted by atomic mass is 10.2. The van der Waals surface area contributed by atoms with Gasteiger partial charge in [0.1, 0.15) is 5.82 Å². The van der Waals surface area contributed by atoms with Gasteiger partial charge in [-0.15, -0.1) is 5.10 Å². The van der Waals surface area contributed by atoms with Crippen molar-refractivity contribution in [2.45, 2.75) is 6.54 Å². The van der Waals surface area contributed by atoms with Gasteiger partial charge in [-0.1, -0.05) is 5.21 Å². The summed E-state index contributed by atoms with van der Waals surface area (Å²) in [5, 5.41) is 13.9. The number of ether oxygens (including phenoxy) is 3. The summed E-state index contributed by atoms with van der Waals surface area (Å²) in [5.74, 6) is 1.10. The second-order valence-electron chi connectivity index (χ2n) is 7.32. The van der Waals surface area contributed by atoms with Crippen LogP contribution in [0.5, 0.6) is 17.2 Å². The fourth-order valence-electron chi connectivity index (χ4n) is 3.36. The monoisotopic (exact) mass is 478 g/mol. The number of methoxy groups -OCH3 is 3. The van der Waals surface area contributed by atoms with Crippen LogP contribution >= 0.6 is 0 Å². The van der Waals surface area contributed by atoms with Gasteiger partial charge >= 0.3 is 0 Å². The SMILES string of the molecule is COc1cc(Cn2cc(C(=O)Nc3cccnc3Nc3ccc(F)cc3)nn2)cc(OC)c1OC. The highest BCUT2D eigenvalue weighted by Gasteiger charge is 2.16. The van der Waals surface area contributed by atoms with E-state index in [0.29, 0.717) is 41.0 Å². The Hall–Kier alpha value is -4.67. The number of anilines is 3. The lowest BCUT2D eigenvalue weighted by Crippen LogP contribution is -2.14. The summed E-state index contributed by atoms with van der Waals surface area (Å²) in [6.45, 7) is 0.321. The topological polar surface area (TPSA) is 112 Å². The maximum Gasteiger partial charge on any atom is 0.277 e. The van der Waals surface area contributed by atoms with Gasteiger partial charge in [-0.2, -0.15) is 0 Å². The second kappa shape index (κ2) is 10.5. The Labute approximate surface area is 200 Å². The minimum absolute atomic E-state index is 0.119. The Morgan fingerprint density at radius 1 is 1.03 bits per heavy atom. The number of halogens is 1. The van der Waals surface area contributed by atoms with Crippen LogP contribution < -0.4 is 24.8 Å². The van der Waals surface area contributed by atoms with E-state index in [2.05, 4.69) is 25.9 Å². The van der Waals surface area contributed by atoms with Crippen LogP contribution in [0.15, 0.2) is 60.9 Å². The molecule has 2 aromatic carbocycles. The molecule has 0 unspecified atom stereocenters. The van der Waals surface area contributed by atoms with Crippen molar-refractivity contribution >= 4 is 23.1 Å². The number of hydrogen-bond donors (Lipinski definition) is 2. The number of nitrogens with zero attached hydrogens (tertiary/aromatic N) is 4. The van der Waals surface area contributed by atoms with Gasteiger partial charge in [0.05, 0.1) is 39.8 Å². The average Bonchev–Trinajstić information content (AvgIpc) is 3.34. The predicted octanol–water partition coefficient (Wildman–Crippen LogP) is 3.88. The quantitative estimate of drug-likeness (QED) is 0.373. The summed E-state index contributed by atoms with van der Waals surface area (Å²) < 4.78 is 30.8. The first kappa shape index (κ1) is 23.5. The lowest BCUT2D eigenvalue weighted by molar-refractivity contribution is 0.102. The van der Waals surface area contributed by atoms with E-state index in [1.54, 1.807) is 42.6 Å². The van der Waals surface area contributed by atoms with E-state index in [1.165, 1.54) is 44.3 Å². The van der Waals surface area contributed by atoms with Gasteiger partial charge in [0.15, 0.2) is 23.0 Å². The highest BCUT2D eigenvalue weighted by Crippen LogP contribution is 2.38. The van der Waals surface area contributed by atoms with Gasteiger partial charge in [-0.3, -0.25) is 4.79 Å². The summed E-state index contributed by atoms with van der Waals surface area (Å²) >= 11 is 0. The van der Waals surface area contributed by atoms with Gasteiger partial charge in [0.2, 0.25) is 5.75 Å². The van der Waals surface area contributed by atoms with Crippen molar-refractivity contribution in [1.82, 2.24) is 20.0 Å². The van der Waals surface area contributed by atoms with Crippen molar-refractivity contribution in [3.05, 3.63) is 78.0 Å². The zero-order valence-corrected chi connectivity index (χ0v) is 19.3. The Kier molecular flexibility index (Phi) is 7.05. The molecule has 0 aliphatic carbocycles. The third kappa shape index (κ3) is 5.46. The fraction of sp³-hybridized carbons (Fsp3) is 0.167. The van der Waals surface area contributed by atoms with Crippen LogP contribution in [0.2, 0.25) is 0 Å². The second-order valence-corrected chi connectivity index (χ2v) is 7.32. The van der Waals surface area contributed by atoms with E-state index in [9.17, 15) is 9.18 Å². The number of rotatable bonds is 9. The van der Waals surface area contributed by atoms with Crippen molar-refractivity contribution < 1.29 is 23.4 Å². The minimum atomic E-state index is -0.462. The number of pyridine rings is 1. The molecule has 0 radical (unpaired) electrons. The number of nitrogens with one attached hydrogen (secondary N) is 2. The zero-order chi connectivity index (χ0) is 24.8. The molecule has 180 valence electrons. The van der Waals surface area contributed by atoms with E-state index in [4.69, 9.17) is 14.2 Å². The molecule has 4 aromatic rings. The lowest BCUT2D eigenvalue weighted by Gasteiger charge is -2.14. The third-order valence-corrected chi connectivity index (χ3v) is 5.00.